The number of rotatable bonds is 3. The molecule has 1 heterocycles. The summed E-state index contributed by atoms with van der Waals surface area (Å²) in [4.78, 5) is 2.51. The number of benzene rings is 1. The van der Waals surface area contributed by atoms with Gasteiger partial charge >= 0.3 is 0 Å². The number of hydrogen-bond donors (Lipinski definition) is 1. The highest BCUT2D eigenvalue weighted by Gasteiger charge is 2.35. The lowest BCUT2D eigenvalue weighted by Crippen LogP contribution is -2.62. The molecule has 1 aromatic carbocycles. The van der Waals surface area contributed by atoms with E-state index in [2.05, 4.69) is 44.0 Å². The molecular weight excluding hydrogens is 291 g/mol. The van der Waals surface area contributed by atoms with Gasteiger partial charge in [-0.15, -0.1) is 0 Å². The van der Waals surface area contributed by atoms with Crippen LogP contribution in [0.3, 0.4) is 0 Å². The molecule has 20 heavy (non-hydrogen) atoms. The Labute approximate surface area is 132 Å². The molecular formula is C16H24Cl2N2. The quantitative estimate of drug-likeness (QED) is 0.899. The lowest BCUT2D eigenvalue weighted by Gasteiger charge is -2.47. The molecule has 1 atom stereocenters. The Bertz CT molecular complexity index is 472. The fourth-order valence-corrected chi connectivity index (χ4v) is 3.02. The van der Waals surface area contributed by atoms with E-state index in [9.17, 15) is 0 Å². The maximum Gasteiger partial charge on any atom is 0.0637 e. The third-order valence-electron chi connectivity index (χ3n) is 4.27. The zero-order chi connectivity index (χ0) is 14.9. The number of hydrogen-bond acceptors (Lipinski definition) is 2. The maximum atomic E-state index is 6.33. The lowest BCUT2D eigenvalue weighted by molar-refractivity contribution is 0.0475. The van der Waals surface area contributed by atoms with Gasteiger partial charge < -0.3 is 5.32 Å². The summed E-state index contributed by atoms with van der Waals surface area (Å²) in [6.45, 7) is 11.9. The van der Waals surface area contributed by atoms with Crippen LogP contribution in [-0.4, -0.2) is 29.6 Å². The molecule has 0 amide bonds. The third kappa shape index (κ3) is 3.48. The van der Waals surface area contributed by atoms with Crippen molar-refractivity contribution in [3.05, 3.63) is 33.8 Å². The van der Waals surface area contributed by atoms with E-state index in [1.807, 2.05) is 12.1 Å². The summed E-state index contributed by atoms with van der Waals surface area (Å²) in [5.41, 5.74) is 1.23. The van der Waals surface area contributed by atoms with E-state index >= 15 is 0 Å². The predicted octanol–water partition coefficient (Wildman–Crippen LogP) is 4.20. The van der Waals surface area contributed by atoms with Gasteiger partial charge in [0, 0.05) is 31.2 Å². The van der Waals surface area contributed by atoms with Crippen LogP contribution < -0.4 is 5.32 Å². The Morgan fingerprint density at radius 1 is 1.35 bits per heavy atom. The summed E-state index contributed by atoms with van der Waals surface area (Å²) in [5.74, 6) is 0.628. The van der Waals surface area contributed by atoms with Crippen LogP contribution in [0.1, 0.15) is 33.3 Å². The molecule has 0 bridgehead atoms. The van der Waals surface area contributed by atoms with Gasteiger partial charge in [0.05, 0.1) is 10.0 Å². The molecule has 1 aliphatic heterocycles. The molecule has 112 valence electrons. The number of nitrogens with zero attached hydrogens (tertiary/aromatic N) is 1. The predicted molar refractivity (Wildman–Crippen MR) is 87.6 cm³/mol. The fourth-order valence-electron chi connectivity index (χ4n) is 2.64. The summed E-state index contributed by atoms with van der Waals surface area (Å²) in [6.07, 6.45) is 0. The van der Waals surface area contributed by atoms with Gasteiger partial charge in [-0.3, -0.25) is 4.90 Å². The molecule has 1 aliphatic rings. The number of halogens is 2. The molecule has 0 spiro atoms. The first-order valence-corrected chi connectivity index (χ1v) is 7.98. The smallest absolute Gasteiger partial charge is 0.0637 e. The summed E-state index contributed by atoms with van der Waals surface area (Å²) in [5, 5.41) is 4.97. The second-order valence-electron chi connectivity index (χ2n) is 6.64. The minimum absolute atomic E-state index is 0.122. The molecule has 1 aromatic rings. The maximum absolute atomic E-state index is 6.33. The lowest BCUT2D eigenvalue weighted by atomic mass is 9.92. The first-order chi connectivity index (χ1) is 9.31. The average Bonchev–Trinajstić information content (AvgIpc) is 2.36. The van der Waals surface area contributed by atoms with Crippen LogP contribution in [0.2, 0.25) is 10.0 Å². The van der Waals surface area contributed by atoms with Crippen molar-refractivity contribution in [3.8, 4) is 0 Å². The Morgan fingerprint density at radius 3 is 2.70 bits per heavy atom. The zero-order valence-electron chi connectivity index (χ0n) is 12.7. The van der Waals surface area contributed by atoms with E-state index < -0.39 is 0 Å². The van der Waals surface area contributed by atoms with Gasteiger partial charge in [-0.05, 0) is 31.4 Å². The van der Waals surface area contributed by atoms with E-state index in [0.29, 0.717) is 22.0 Å². The highest BCUT2D eigenvalue weighted by atomic mass is 35.5. The monoisotopic (exact) mass is 314 g/mol. The van der Waals surface area contributed by atoms with Gasteiger partial charge in [0.25, 0.3) is 0 Å². The van der Waals surface area contributed by atoms with Crippen molar-refractivity contribution in [2.24, 2.45) is 5.92 Å². The summed E-state index contributed by atoms with van der Waals surface area (Å²) in [6, 6.07) is 6.41. The van der Waals surface area contributed by atoms with Crippen molar-refractivity contribution in [1.82, 2.24) is 10.2 Å². The van der Waals surface area contributed by atoms with Crippen LogP contribution in [0.4, 0.5) is 0 Å². The van der Waals surface area contributed by atoms with Crippen LogP contribution in [0.15, 0.2) is 18.2 Å². The molecule has 0 aliphatic carbocycles. The van der Waals surface area contributed by atoms with Crippen LogP contribution >= 0.6 is 23.2 Å². The summed E-state index contributed by atoms with van der Waals surface area (Å²) < 4.78 is 0. The molecule has 2 nitrogen and oxygen atoms in total. The van der Waals surface area contributed by atoms with Crippen molar-refractivity contribution in [2.45, 2.75) is 45.8 Å². The summed E-state index contributed by atoms with van der Waals surface area (Å²) >= 11 is 12.4. The van der Waals surface area contributed by atoms with Crippen LogP contribution in [0.5, 0.6) is 0 Å². The minimum atomic E-state index is 0.122. The normalized spacial score (nSPS) is 23.2. The Kier molecular flexibility index (Phi) is 5.01. The van der Waals surface area contributed by atoms with E-state index in [-0.39, 0.29) is 5.54 Å². The van der Waals surface area contributed by atoms with E-state index in [1.165, 1.54) is 0 Å². The van der Waals surface area contributed by atoms with Gasteiger partial charge in [0.2, 0.25) is 0 Å². The first-order valence-electron chi connectivity index (χ1n) is 7.22. The second-order valence-corrected chi connectivity index (χ2v) is 7.42. The van der Waals surface area contributed by atoms with Crippen molar-refractivity contribution in [3.63, 3.8) is 0 Å². The minimum Gasteiger partial charge on any atom is -0.311 e. The zero-order valence-corrected chi connectivity index (χ0v) is 14.2. The molecule has 1 N–H and O–H groups in total. The van der Waals surface area contributed by atoms with Crippen LogP contribution in [-0.2, 0) is 6.54 Å². The average molecular weight is 315 g/mol. The van der Waals surface area contributed by atoms with Gasteiger partial charge in [-0.1, -0.05) is 49.2 Å². The molecule has 1 saturated heterocycles. The standard InChI is InChI=1S/C16H24Cl2N2/c1-11(2)14-9-20(16(3,4)10-19-14)8-12-6-5-7-13(17)15(12)18/h5-7,11,14,19H,8-10H2,1-4H3. The molecule has 1 fully saturated rings. The molecule has 4 heteroatoms. The van der Waals surface area contributed by atoms with Crippen molar-refractivity contribution < 1.29 is 0 Å². The topological polar surface area (TPSA) is 15.3 Å². The van der Waals surface area contributed by atoms with E-state index in [4.69, 9.17) is 23.2 Å². The molecule has 0 saturated carbocycles. The van der Waals surface area contributed by atoms with Crippen molar-refractivity contribution >= 4 is 23.2 Å². The number of nitrogens with one attached hydrogen (secondary N) is 1. The van der Waals surface area contributed by atoms with Crippen LogP contribution in [0.25, 0.3) is 0 Å². The van der Waals surface area contributed by atoms with Crippen molar-refractivity contribution in [1.29, 1.82) is 0 Å². The molecule has 0 aromatic heterocycles. The Morgan fingerprint density at radius 2 is 2.05 bits per heavy atom. The Hall–Kier alpha value is -0.280. The summed E-state index contributed by atoms with van der Waals surface area (Å²) in [7, 11) is 0. The van der Waals surface area contributed by atoms with Crippen molar-refractivity contribution in [2.75, 3.05) is 13.1 Å². The highest BCUT2D eigenvalue weighted by molar-refractivity contribution is 6.42. The van der Waals surface area contributed by atoms with E-state index in [1.54, 1.807) is 0 Å². The molecule has 0 radical (unpaired) electrons. The van der Waals surface area contributed by atoms with E-state index in [0.717, 1.165) is 25.2 Å². The third-order valence-corrected chi connectivity index (χ3v) is 5.13. The largest absolute Gasteiger partial charge is 0.311 e. The van der Waals surface area contributed by atoms with Crippen LogP contribution in [0, 0.1) is 5.92 Å². The van der Waals surface area contributed by atoms with Gasteiger partial charge in [0.1, 0.15) is 0 Å². The molecule has 2 rings (SSSR count). The second kappa shape index (κ2) is 6.23. The van der Waals surface area contributed by atoms with Gasteiger partial charge in [-0.2, -0.15) is 0 Å². The fraction of sp³-hybridized carbons (Fsp3) is 0.625. The highest BCUT2D eigenvalue weighted by Crippen LogP contribution is 2.30. The molecule has 1 unspecified atom stereocenters. The number of piperazine rings is 1. The Balaban J connectivity index is 2.18. The van der Waals surface area contributed by atoms with Gasteiger partial charge in [-0.25, -0.2) is 0 Å². The SMILES string of the molecule is CC(C)C1CN(Cc2cccc(Cl)c2Cl)C(C)(C)CN1. The van der Waals surface area contributed by atoms with Gasteiger partial charge in [0.15, 0.2) is 0 Å². The first kappa shape index (κ1) is 16.1.